The Hall–Kier alpha value is -1.43. The van der Waals surface area contributed by atoms with Crippen molar-refractivity contribution in [3.05, 3.63) is 12.2 Å². The summed E-state index contributed by atoms with van der Waals surface area (Å²) in [6.07, 6.45) is 5.16. The predicted octanol–water partition coefficient (Wildman–Crippen LogP) is -0.191. The Morgan fingerprint density at radius 3 is 3.29 bits per heavy atom. The van der Waals surface area contributed by atoms with Gasteiger partial charge in [0.15, 0.2) is 0 Å². The van der Waals surface area contributed by atoms with Crippen molar-refractivity contribution in [3.8, 4) is 0 Å². The van der Waals surface area contributed by atoms with E-state index >= 15 is 0 Å². The summed E-state index contributed by atoms with van der Waals surface area (Å²) in [6.45, 7) is 1.42. The monoisotopic (exact) mass is 235 g/mol. The van der Waals surface area contributed by atoms with Crippen molar-refractivity contribution in [1.82, 2.24) is 25.8 Å². The number of aromatic amines is 1. The smallest absolute Gasteiger partial charge is 0.237 e. The second kappa shape index (κ2) is 4.44. The number of carbonyl (C=O) groups is 1. The fourth-order valence-electron chi connectivity index (χ4n) is 3.07. The quantitative estimate of drug-likeness (QED) is 0.678. The number of hydrogen-bond donors (Lipinski definition) is 3. The molecule has 1 aliphatic heterocycles. The van der Waals surface area contributed by atoms with Crippen LogP contribution in [0.2, 0.25) is 0 Å². The van der Waals surface area contributed by atoms with Crippen LogP contribution in [0.5, 0.6) is 0 Å². The van der Waals surface area contributed by atoms with E-state index in [2.05, 4.69) is 25.8 Å². The molecule has 3 rings (SSSR count). The van der Waals surface area contributed by atoms with Crippen LogP contribution in [0, 0.1) is 11.8 Å². The van der Waals surface area contributed by atoms with Gasteiger partial charge in [0.2, 0.25) is 5.91 Å². The van der Waals surface area contributed by atoms with Gasteiger partial charge in [0.25, 0.3) is 0 Å². The highest BCUT2D eigenvalue weighted by Crippen LogP contribution is 2.37. The predicted molar refractivity (Wildman–Crippen MR) is 60.9 cm³/mol. The third-order valence-corrected chi connectivity index (χ3v) is 3.92. The number of rotatable bonds is 3. The van der Waals surface area contributed by atoms with Crippen LogP contribution in [-0.2, 0) is 11.3 Å². The summed E-state index contributed by atoms with van der Waals surface area (Å²) in [5.41, 5.74) is 0. The van der Waals surface area contributed by atoms with Gasteiger partial charge >= 0.3 is 0 Å². The first-order chi connectivity index (χ1) is 8.34. The van der Waals surface area contributed by atoms with E-state index in [-0.39, 0.29) is 11.9 Å². The molecule has 17 heavy (non-hydrogen) atoms. The summed E-state index contributed by atoms with van der Waals surface area (Å²) in [6, 6.07) is -0.00887. The Bertz CT molecular complexity index is 391. The zero-order chi connectivity index (χ0) is 11.7. The standard InChI is InChI=1S/C11H17N5O/c17-11(13-5-9-14-6-15-16-9)10-8-3-1-2-7(8)4-12-10/h6-8,10,12H,1-5H2,(H,13,17)(H,14,15,16). The Labute approximate surface area is 99.6 Å². The lowest BCUT2D eigenvalue weighted by Gasteiger charge is -2.17. The maximum atomic E-state index is 12.0. The van der Waals surface area contributed by atoms with E-state index in [0.717, 1.165) is 6.54 Å². The lowest BCUT2D eigenvalue weighted by atomic mass is 9.94. The van der Waals surface area contributed by atoms with Gasteiger partial charge in [-0.25, -0.2) is 4.98 Å². The highest BCUT2D eigenvalue weighted by molar-refractivity contribution is 5.82. The molecule has 1 aliphatic carbocycles. The van der Waals surface area contributed by atoms with Gasteiger partial charge in [-0.3, -0.25) is 9.89 Å². The summed E-state index contributed by atoms with van der Waals surface area (Å²) in [5.74, 6) is 2.02. The maximum absolute atomic E-state index is 12.0. The molecule has 0 bridgehead atoms. The summed E-state index contributed by atoms with van der Waals surface area (Å²) in [5, 5.41) is 12.7. The van der Waals surface area contributed by atoms with Crippen LogP contribution in [0.15, 0.2) is 6.33 Å². The zero-order valence-electron chi connectivity index (χ0n) is 9.65. The van der Waals surface area contributed by atoms with E-state index in [1.807, 2.05) is 0 Å². The van der Waals surface area contributed by atoms with Gasteiger partial charge in [0.05, 0.1) is 12.6 Å². The van der Waals surface area contributed by atoms with E-state index in [9.17, 15) is 4.79 Å². The first-order valence-corrected chi connectivity index (χ1v) is 6.20. The third-order valence-electron chi connectivity index (χ3n) is 3.92. The lowest BCUT2D eigenvalue weighted by Crippen LogP contribution is -2.43. The number of amides is 1. The molecule has 0 radical (unpaired) electrons. The van der Waals surface area contributed by atoms with Crippen LogP contribution in [0.4, 0.5) is 0 Å². The number of H-pyrrole nitrogens is 1. The number of carbonyl (C=O) groups excluding carboxylic acids is 1. The molecule has 3 N–H and O–H groups in total. The van der Waals surface area contributed by atoms with Crippen molar-refractivity contribution in [2.24, 2.45) is 11.8 Å². The van der Waals surface area contributed by atoms with Gasteiger partial charge in [-0.1, -0.05) is 6.42 Å². The molecule has 6 nitrogen and oxygen atoms in total. The van der Waals surface area contributed by atoms with E-state index in [0.29, 0.717) is 24.2 Å². The largest absolute Gasteiger partial charge is 0.347 e. The zero-order valence-corrected chi connectivity index (χ0v) is 9.65. The van der Waals surface area contributed by atoms with Gasteiger partial charge in [0, 0.05) is 0 Å². The van der Waals surface area contributed by atoms with Gasteiger partial charge in [-0.05, 0) is 31.2 Å². The maximum Gasteiger partial charge on any atom is 0.237 e. The van der Waals surface area contributed by atoms with Gasteiger partial charge in [-0.15, -0.1) is 0 Å². The Morgan fingerprint density at radius 2 is 2.47 bits per heavy atom. The summed E-state index contributed by atoms with van der Waals surface area (Å²) >= 11 is 0. The van der Waals surface area contributed by atoms with Crippen molar-refractivity contribution in [2.45, 2.75) is 31.8 Å². The molecular weight excluding hydrogens is 218 g/mol. The van der Waals surface area contributed by atoms with Crippen LogP contribution in [0.25, 0.3) is 0 Å². The number of hydrogen-bond acceptors (Lipinski definition) is 4. The first-order valence-electron chi connectivity index (χ1n) is 6.20. The number of nitrogens with zero attached hydrogens (tertiary/aromatic N) is 2. The number of fused-ring (bicyclic) bond motifs is 1. The second-order valence-corrected chi connectivity index (χ2v) is 4.89. The normalized spacial score (nSPS) is 31.4. The molecular formula is C11H17N5O. The minimum atomic E-state index is -0.00887. The van der Waals surface area contributed by atoms with Crippen LogP contribution in [0.3, 0.4) is 0 Å². The molecule has 2 aliphatic rings. The molecule has 1 aromatic rings. The highest BCUT2D eigenvalue weighted by Gasteiger charge is 2.42. The van der Waals surface area contributed by atoms with Gasteiger partial charge in [-0.2, -0.15) is 5.10 Å². The van der Waals surface area contributed by atoms with Crippen LogP contribution < -0.4 is 10.6 Å². The minimum absolute atomic E-state index is 0.00887. The molecule has 0 spiro atoms. The van der Waals surface area contributed by atoms with Crippen LogP contribution >= 0.6 is 0 Å². The van der Waals surface area contributed by atoms with E-state index < -0.39 is 0 Å². The summed E-state index contributed by atoms with van der Waals surface area (Å²) in [7, 11) is 0. The number of nitrogens with one attached hydrogen (secondary N) is 3. The fraction of sp³-hybridized carbons (Fsp3) is 0.727. The van der Waals surface area contributed by atoms with Gasteiger partial charge < -0.3 is 10.6 Å². The van der Waals surface area contributed by atoms with E-state index in [4.69, 9.17) is 0 Å². The second-order valence-electron chi connectivity index (χ2n) is 4.89. The van der Waals surface area contributed by atoms with E-state index in [1.54, 1.807) is 0 Å². The molecule has 1 amide bonds. The lowest BCUT2D eigenvalue weighted by molar-refractivity contribution is -0.124. The molecule has 2 fully saturated rings. The van der Waals surface area contributed by atoms with Crippen molar-refractivity contribution in [1.29, 1.82) is 0 Å². The average molecular weight is 235 g/mol. The summed E-state index contributed by atoms with van der Waals surface area (Å²) < 4.78 is 0. The molecule has 1 aromatic heterocycles. The Morgan fingerprint density at radius 1 is 1.53 bits per heavy atom. The van der Waals surface area contributed by atoms with Gasteiger partial charge in [0.1, 0.15) is 12.2 Å². The summed E-state index contributed by atoms with van der Waals surface area (Å²) in [4.78, 5) is 16.0. The molecule has 3 unspecified atom stereocenters. The fourth-order valence-corrected chi connectivity index (χ4v) is 3.07. The molecule has 1 saturated heterocycles. The van der Waals surface area contributed by atoms with Crippen molar-refractivity contribution in [3.63, 3.8) is 0 Å². The molecule has 2 heterocycles. The molecule has 3 atom stereocenters. The number of aromatic nitrogens is 3. The molecule has 0 aromatic carbocycles. The first kappa shape index (κ1) is 10.7. The van der Waals surface area contributed by atoms with Crippen molar-refractivity contribution in [2.75, 3.05) is 6.54 Å². The Kier molecular flexibility index (Phi) is 2.80. The van der Waals surface area contributed by atoms with Crippen molar-refractivity contribution >= 4 is 5.91 Å². The Balaban J connectivity index is 1.55. The van der Waals surface area contributed by atoms with Crippen LogP contribution in [0.1, 0.15) is 25.1 Å². The highest BCUT2D eigenvalue weighted by atomic mass is 16.2. The molecule has 92 valence electrons. The van der Waals surface area contributed by atoms with Crippen LogP contribution in [-0.4, -0.2) is 33.7 Å². The molecule has 6 heteroatoms. The van der Waals surface area contributed by atoms with E-state index in [1.165, 1.54) is 25.6 Å². The SMILES string of the molecule is O=C(NCc1ncn[nH]1)C1NCC2CCCC21. The minimum Gasteiger partial charge on any atom is -0.347 e. The average Bonchev–Trinajstić information content (AvgIpc) is 3.02. The molecule has 1 saturated carbocycles. The topological polar surface area (TPSA) is 82.7 Å². The third kappa shape index (κ3) is 2.04. The van der Waals surface area contributed by atoms with Crippen molar-refractivity contribution < 1.29 is 4.79 Å².